The largest absolute Gasteiger partial charge is 0.481 e. The van der Waals surface area contributed by atoms with Gasteiger partial charge in [0.15, 0.2) is 0 Å². The van der Waals surface area contributed by atoms with Gasteiger partial charge < -0.3 is 10.2 Å². The van der Waals surface area contributed by atoms with Crippen LogP contribution in [0.1, 0.15) is 25.3 Å². The molecule has 0 saturated carbocycles. The molecule has 21 heavy (non-hydrogen) atoms. The van der Waals surface area contributed by atoms with Crippen molar-refractivity contribution in [1.82, 2.24) is 0 Å². The van der Waals surface area contributed by atoms with Gasteiger partial charge in [0.05, 0.1) is 10.8 Å². The lowest BCUT2D eigenvalue weighted by Gasteiger charge is -2.39. The van der Waals surface area contributed by atoms with E-state index in [9.17, 15) is 19.8 Å². The highest BCUT2D eigenvalue weighted by Crippen LogP contribution is 2.47. The molecule has 0 radical (unpaired) electrons. The predicted octanol–water partition coefficient (Wildman–Crippen LogP) is 3.76. The number of carbonyl (C=O) groups is 2. The van der Waals surface area contributed by atoms with Crippen LogP contribution in [-0.2, 0) is 15.0 Å². The van der Waals surface area contributed by atoms with Gasteiger partial charge in [0.2, 0.25) is 0 Å². The Labute approximate surface area is 132 Å². The molecule has 1 aliphatic rings. The Morgan fingerprint density at radius 3 is 2.43 bits per heavy atom. The lowest BCUT2D eigenvalue weighted by molar-refractivity contribution is -0.151. The minimum absolute atomic E-state index is 0.0821. The zero-order chi connectivity index (χ0) is 15.8. The Hall–Kier alpha value is -1.52. The number of rotatable bonds is 3. The molecule has 0 heterocycles. The van der Waals surface area contributed by atoms with Crippen molar-refractivity contribution in [3.05, 3.63) is 46.0 Å². The smallest absolute Gasteiger partial charge is 0.314 e. The van der Waals surface area contributed by atoms with Crippen LogP contribution in [0.3, 0.4) is 0 Å². The number of hydrogen-bond donors (Lipinski definition) is 2. The van der Waals surface area contributed by atoms with Crippen LogP contribution in [0.4, 0.5) is 0 Å². The van der Waals surface area contributed by atoms with Gasteiger partial charge in [-0.15, -0.1) is 0 Å². The Bertz CT molecular complexity index is 641. The zero-order valence-corrected chi connectivity index (χ0v) is 12.8. The van der Waals surface area contributed by atoms with Gasteiger partial charge in [-0.1, -0.05) is 35.4 Å². The Morgan fingerprint density at radius 1 is 1.19 bits per heavy atom. The van der Waals surface area contributed by atoms with Crippen LogP contribution < -0.4 is 0 Å². The first kappa shape index (κ1) is 15.9. The van der Waals surface area contributed by atoms with Crippen molar-refractivity contribution < 1.29 is 19.8 Å². The van der Waals surface area contributed by atoms with Crippen molar-refractivity contribution in [2.45, 2.75) is 25.2 Å². The number of carboxylic acids is 2. The maximum absolute atomic E-state index is 11.9. The van der Waals surface area contributed by atoms with Crippen molar-refractivity contribution in [2.75, 3.05) is 0 Å². The van der Waals surface area contributed by atoms with E-state index in [2.05, 4.69) is 0 Å². The van der Waals surface area contributed by atoms with Crippen LogP contribution in [0.5, 0.6) is 0 Å². The van der Waals surface area contributed by atoms with Crippen molar-refractivity contribution in [3.8, 4) is 0 Å². The summed E-state index contributed by atoms with van der Waals surface area (Å²) in [5, 5.41) is 19.8. The molecule has 1 aromatic carbocycles. The number of hydrogen-bond acceptors (Lipinski definition) is 2. The quantitative estimate of drug-likeness (QED) is 0.828. The second-order valence-electron chi connectivity index (χ2n) is 5.52. The molecule has 1 aliphatic carbocycles. The van der Waals surface area contributed by atoms with E-state index in [0.29, 0.717) is 10.6 Å². The first-order valence-corrected chi connectivity index (χ1v) is 7.07. The molecule has 2 atom stereocenters. The van der Waals surface area contributed by atoms with E-state index in [-0.39, 0.29) is 17.9 Å². The number of benzene rings is 1. The first-order chi connectivity index (χ1) is 9.71. The highest BCUT2D eigenvalue weighted by atomic mass is 35.5. The Balaban J connectivity index is 2.63. The monoisotopic (exact) mass is 328 g/mol. The molecular formula is C15H14Cl2O4. The first-order valence-electron chi connectivity index (χ1n) is 6.31. The van der Waals surface area contributed by atoms with Crippen molar-refractivity contribution in [2.24, 2.45) is 5.41 Å². The van der Waals surface area contributed by atoms with Crippen molar-refractivity contribution >= 4 is 35.1 Å². The number of halogens is 2. The average molecular weight is 329 g/mol. The van der Waals surface area contributed by atoms with Crippen molar-refractivity contribution in [1.29, 1.82) is 0 Å². The molecule has 0 amide bonds. The molecule has 0 aliphatic heterocycles. The molecule has 0 aromatic heterocycles. The minimum atomic E-state index is -1.40. The number of aliphatic carboxylic acids is 2. The van der Waals surface area contributed by atoms with Gasteiger partial charge in [0, 0.05) is 10.0 Å². The topological polar surface area (TPSA) is 74.6 Å². The maximum atomic E-state index is 11.9. The lowest BCUT2D eigenvalue weighted by Crippen LogP contribution is -2.45. The van der Waals surface area contributed by atoms with E-state index in [4.69, 9.17) is 23.2 Å². The fourth-order valence-electron chi connectivity index (χ4n) is 2.77. The summed E-state index contributed by atoms with van der Waals surface area (Å²) in [6.45, 7) is 1.50. The van der Waals surface area contributed by atoms with Gasteiger partial charge >= 0.3 is 11.9 Å². The van der Waals surface area contributed by atoms with Crippen LogP contribution in [0, 0.1) is 5.41 Å². The normalized spacial score (nSPS) is 28.3. The van der Waals surface area contributed by atoms with Gasteiger partial charge in [0.25, 0.3) is 0 Å². The molecule has 6 heteroatoms. The van der Waals surface area contributed by atoms with E-state index < -0.39 is 22.8 Å². The zero-order valence-electron chi connectivity index (χ0n) is 11.3. The third-order valence-electron chi connectivity index (χ3n) is 3.96. The summed E-state index contributed by atoms with van der Waals surface area (Å²) >= 11 is 12.1. The summed E-state index contributed by atoms with van der Waals surface area (Å²) in [5.41, 5.74) is -2.31. The van der Waals surface area contributed by atoms with E-state index >= 15 is 0 Å². The molecule has 0 spiro atoms. The van der Waals surface area contributed by atoms with E-state index in [1.165, 1.54) is 25.1 Å². The Kier molecular flexibility index (Phi) is 4.04. The van der Waals surface area contributed by atoms with E-state index in [1.807, 2.05) is 0 Å². The van der Waals surface area contributed by atoms with Crippen LogP contribution in [0.2, 0.25) is 10.0 Å². The second-order valence-corrected chi connectivity index (χ2v) is 6.36. The van der Waals surface area contributed by atoms with Crippen molar-refractivity contribution in [3.63, 3.8) is 0 Å². The molecule has 0 saturated heterocycles. The fraction of sp³-hybridized carbons (Fsp3) is 0.333. The third-order valence-corrected chi connectivity index (χ3v) is 4.53. The summed E-state index contributed by atoms with van der Waals surface area (Å²) in [7, 11) is 0. The summed E-state index contributed by atoms with van der Waals surface area (Å²) in [5.74, 6) is -2.18. The molecule has 0 fully saturated rings. The molecule has 4 nitrogen and oxygen atoms in total. The summed E-state index contributed by atoms with van der Waals surface area (Å²) in [4.78, 5) is 23.4. The van der Waals surface area contributed by atoms with E-state index in [1.54, 1.807) is 12.1 Å². The number of carboxylic acid groups (broad SMARTS) is 2. The fourth-order valence-corrected chi connectivity index (χ4v) is 3.24. The Morgan fingerprint density at radius 2 is 1.86 bits per heavy atom. The molecular weight excluding hydrogens is 315 g/mol. The highest BCUT2D eigenvalue weighted by molar-refractivity contribution is 6.34. The third kappa shape index (κ3) is 2.65. The van der Waals surface area contributed by atoms with Gasteiger partial charge in [-0.05, 0) is 43.5 Å². The van der Waals surface area contributed by atoms with Gasteiger partial charge in [0.1, 0.15) is 0 Å². The van der Waals surface area contributed by atoms with Gasteiger partial charge in [-0.2, -0.15) is 0 Å². The standard InChI is InChI=1S/C15H14Cl2O4/c1-14(12(18)19)5-2-6-15(8-14,13(20)21)10-7-9(16)3-4-11(10)17/h2-5,7H,6,8H2,1H3,(H,18,19)(H,20,21). The van der Waals surface area contributed by atoms with Gasteiger partial charge in [-0.3, -0.25) is 9.59 Å². The summed E-state index contributed by atoms with van der Waals surface area (Å²) in [6, 6.07) is 4.60. The van der Waals surface area contributed by atoms with Crippen LogP contribution in [0.15, 0.2) is 30.4 Å². The summed E-state index contributed by atoms with van der Waals surface area (Å²) < 4.78 is 0. The average Bonchev–Trinajstić information content (AvgIpc) is 2.41. The molecule has 2 rings (SSSR count). The SMILES string of the molecule is CC1(C(=O)O)C=CCC(C(=O)O)(c2cc(Cl)ccc2Cl)C1. The summed E-state index contributed by atoms with van der Waals surface area (Å²) in [6.07, 6.45) is 3.21. The second kappa shape index (κ2) is 5.35. The highest BCUT2D eigenvalue weighted by Gasteiger charge is 2.50. The molecule has 112 valence electrons. The van der Waals surface area contributed by atoms with Crippen LogP contribution in [0.25, 0.3) is 0 Å². The van der Waals surface area contributed by atoms with Crippen LogP contribution in [-0.4, -0.2) is 22.2 Å². The van der Waals surface area contributed by atoms with E-state index in [0.717, 1.165) is 0 Å². The van der Waals surface area contributed by atoms with Gasteiger partial charge in [-0.25, -0.2) is 0 Å². The molecule has 2 unspecified atom stereocenters. The maximum Gasteiger partial charge on any atom is 0.314 e. The number of allylic oxidation sites excluding steroid dienone is 1. The predicted molar refractivity (Wildman–Crippen MR) is 79.9 cm³/mol. The molecule has 1 aromatic rings. The molecule has 2 N–H and O–H groups in total. The lowest BCUT2D eigenvalue weighted by atomic mass is 9.63. The molecule has 0 bridgehead atoms. The minimum Gasteiger partial charge on any atom is -0.481 e. The van der Waals surface area contributed by atoms with Crippen LogP contribution >= 0.6 is 23.2 Å².